The van der Waals surface area contributed by atoms with Gasteiger partial charge in [0.2, 0.25) is 0 Å². The molecule has 1 saturated carbocycles. The molecule has 1 amide bonds. The van der Waals surface area contributed by atoms with Gasteiger partial charge in [0.05, 0.1) is 7.11 Å². The van der Waals surface area contributed by atoms with Gasteiger partial charge in [-0.05, 0) is 37.8 Å². The molecule has 2 fully saturated rings. The van der Waals surface area contributed by atoms with E-state index in [2.05, 4.69) is 20.6 Å². The molecule has 1 unspecified atom stereocenters. The Labute approximate surface area is 133 Å². The zero-order valence-electron chi connectivity index (χ0n) is 13.1. The van der Waals surface area contributed by atoms with Crippen LogP contribution in [0.25, 0.3) is 5.65 Å². The fourth-order valence-electron chi connectivity index (χ4n) is 3.08. The van der Waals surface area contributed by atoms with Gasteiger partial charge in [-0.1, -0.05) is 0 Å². The Morgan fingerprint density at radius 2 is 2.17 bits per heavy atom. The summed E-state index contributed by atoms with van der Waals surface area (Å²) < 4.78 is 6.64. The molecule has 8 nitrogen and oxygen atoms in total. The first kappa shape index (κ1) is 14.2. The van der Waals surface area contributed by atoms with E-state index in [1.807, 2.05) is 16.6 Å². The molecule has 3 heterocycles. The van der Waals surface area contributed by atoms with Gasteiger partial charge in [0.1, 0.15) is 5.82 Å². The molecule has 23 heavy (non-hydrogen) atoms. The summed E-state index contributed by atoms with van der Waals surface area (Å²) in [5, 5.41) is 16.5. The molecular formula is C15H20N6O2. The predicted octanol–water partition coefficient (Wildman–Crippen LogP) is 1.64. The largest absolute Gasteiger partial charge is 0.453 e. The third-order valence-electron chi connectivity index (χ3n) is 4.44. The monoisotopic (exact) mass is 316 g/mol. The molecule has 1 atom stereocenters. The fourth-order valence-corrected chi connectivity index (χ4v) is 3.08. The van der Waals surface area contributed by atoms with Crippen molar-refractivity contribution in [3.8, 4) is 0 Å². The van der Waals surface area contributed by atoms with E-state index in [-0.39, 0.29) is 12.1 Å². The molecule has 1 N–H and O–H groups in total. The van der Waals surface area contributed by atoms with Gasteiger partial charge in [-0.3, -0.25) is 0 Å². The molecule has 0 radical (unpaired) electrons. The first-order valence-electron chi connectivity index (χ1n) is 8.06. The van der Waals surface area contributed by atoms with Crippen LogP contribution in [0.5, 0.6) is 0 Å². The average molecular weight is 316 g/mol. The number of carbonyl (C=O) groups is 1. The topological polar surface area (TPSA) is 84.6 Å². The van der Waals surface area contributed by atoms with Crippen LogP contribution in [0.2, 0.25) is 0 Å². The number of nitrogens with zero attached hydrogens (tertiary/aromatic N) is 5. The molecule has 1 aliphatic heterocycles. The number of aromatic nitrogens is 4. The van der Waals surface area contributed by atoms with E-state index in [0.29, 0.717) is 12.5 Å². The second kappa shape index (κ2) is 5.68. The quantitative estimate of drug-likeness (QED) is 0.927. The van der Waals surface area contributed by atoms with Crippen molar-refractivity contribution < 1.29 is 9.53 Å². The van der Waals surface area contributed by atoms with Crippen LogP contribution in [-0.2, 0) is 4.74 Å². The van der Waals surface area contributed by atoms with Gasteiger partial charge in [-0.25, -0.2) is 4.79 Å². The maximum absolute atomic E-state index is 11.7. The number of hydrogen-bond donors (Lipinski definition) is 1. The lowest BCUT2D eigenvalue weighted by Gasteiger charge is -2.32. The number of piperidine rings is 1. The first-order valence-corrected chi connectivity index (χ1v) is 8.06. The average Bonchev–Trinajstić information content (AvgIpc) is 3.34. The van der Waals surface area contributed by atoms with E-state index in [1.165, 1.54) is 7.11 Å². The number of likely N-dealkylation sites (tertiary alicyclic amines) is 1. The van der Waals surface area contributed by atoms with E-state index in [1.54, 1.807) is 4.90 Å². The Morgan fingerprint density at radius 3 is 2.96 bits per heavy atom. The zero-order chi connectivity index (χ0) is 15.8. The van der Waals surface area contributed by atoms with Crippen LogP contribution >= 0.6 is 0 Å². The van der Waals surface area contributed by atoms with Gasteiger partial charge >= 0.3 is 6.09 Å². The molecule has 122 valence electrons. The SMILES string of the molecule is COC(=O)N1CCCC(Nc2ccc3nnc(C4CC4)n3n2)C1. The van der Waals surface area contributed by atoms with Crippen molar-refractivity contribution in [3.63, 3.8) is 0 Å². The Balaban J connectivity index is 1.50. The minimum atomic E-state index is -0.269. The van der Waals surface area contributed by atoms with E-state index in [4.69, 9.17) is 4.74 Å². The molecule has 0 bridgehead atoms. The highest BCUT2D eigenvalue weighted by molar-refractivity contribution is 5.67. The van der Waals surface area contributed by atoms with Gasteiger partial charge in [0.15, 0.2) is 11.5 Å². The van der Waals surface area contributed by atoms with Crippen molar-refractivity contribution in [2.45, 2.75) is 37.6 Å². The second-order valence-electron chi connectivity index (χ2n) is 6.22. The van der Waals surface area contributed by atoms with E-state index < -0.39 is 0 Å². The van der Waals surface area contributed by atoms with Gasteiger partial charge in [-0.2, -0.15) is 4.52 Å². The van der Waals surface area contributed by atoms with Crippen LogP contribution in [0.3, 0.4) is 0 Å². The molecule has 1 saturated heterocycles. The molecular weight excluding hydrogens is 296 g/mol. The third kappa shape index (κ3) is 2.80. The Hall–Kier alpha value is -2.38. The van der Waals surface area contributed by atoms with E-state index in [0.717, 1.165) is 49.5 Å². The molecule has 2 aromatic rings. The lowest BCUT2D eigenvalue weighted by atomic mass is 10.1. The number of ether oxygens (including phenoxy) is 1. The number of amides is 1. The van der Waals surface area contributed by atoms with Gasteiger partial charge in [0, 0.05) is 25.0 Å². The van der Waals surface area contributed by atoms with Gasteiger partial charge in [0.25, 0.3) is 0 Å². The summed E-state index contributed by atoms with van der Waals surface area (Å²) in [6.07, 6.45) is 4.02. The fraction of sp³-hybridized carbons (Fsp3) is 0.600. The summed E-state index contributed by atoms with van der Waals surface area (Å²) in [5.41, 5.74) is 0.775. The third-order valence-corrected chi connectivity index (χ3v) is 4.44. The molecule has 2 aliphatic rings. The van der Waals surface area contributed by atoms with Crippen molar-refractivity contribution in [2.75, 3.05) is 25.5 Å². The Bertz CT molecular complexity index is 726. The molecule has 4 rings (SSSR count). The summed E-state index contributed by atoms with van der Waals surface area (Å²) in [5.74, 6) is 2.23. The highest BCUT2D eigenvalue weighted by atomic mass is 16.5. The number of anilines is 1. The molecule has 0 spiro atoms. The molecule has 0 aromatic carbocycles. The van der Waals surface area contributed by atoms with Crippen LogP contribution < -0.4 is 5.32 Å². The van der Waals surface area contributed by atoms with Crippen LogP contribution in [0, 0.1) is 0 Å². The van der Waals surface area contributed by atoms with Crippen LogP contribution in [0.1, 0.15) is 37.4 Å². The molecule has 2 aromatic heterocycles. The number of nitrogens with one attached hydrogen (secondary N) is 1. The maximum atomic E-state index is 11.7. The molecule has 1 aliphatic carbocycles. The maximum Gasteiger partial charge on any atom is 0.409 e. The highest BCUT2D eigenvalue weighted by Gasteiger charge is 2.29. The van der Waals surface area contributed by atoms with Crippen LogP contribution in [0.4, 0.5) is 10.6 Å². The highest BCUT2D eigenvalue weighted by Crippen LogP contribution is 2.38. The van der Waals surface area contributed by atoms with Gasteiger partial charge < -0.3 is 15.0 Å². The smallest absolute Gasteiger partial charge is 0.409 e. The van der Waals surface area contributed by atoms with Crippen LogP contribution in [0.15, 0.2) is 12.1 Å². The zero-order valence-corrected chi connectivity index (χ0v) is 13.1. The number of carbonyl (C=O) groups excluding carboxylic acids is 1. The standard InChI is InChI=1S/C15H20N6O2/c1-23-15(22)20-8-2-3-11(9-20)16-12-6-7-13-17-18-14(10-4-5-10)21(13)19-12/h6-7,10-11H,2-5,8-9H2,1H3,(H,16,19). The second-order valence-corrected chi connectivity index (χ2v) is 6.22. The number of rotatable bonds is 3. The first-order chi connectivity index (χ1) is 11.2. The van der Waals surface area contributed by atoms with Gasteiger partial charge in [-0.15, -0.1) is 15.3 Å². The van der Waals surface area contributed by atoms with Crippen molar-refractivity contribution in [3.05, 3.63) is 18.0 Å². The van der Waals surface area contributed by atoms with Crippen molar-refractivity contribution in [2.24, 2.45) is 0 Å². The van der Waals surface area contributed by atoms with E-state index >= 15 is 0 Å². The lowest BCUT2D eigenvalue weighted by molar-refractivity contribution is 0.113. The van der Waals surface area contributed by atoms with E-state index in [9.17, 15) is 4.79 Å². The molecule has 8 heteroatoms. The van der Waals surface area contributed by atoms with Crippen molar-refractivity contribution >= 4 is 17.6 Å². The summed E-state index contributed by atoms with van der Waals surface area (Å²) in [6, 6.07) is 4.01. The summed E-state index contributed by atoms with van der Waals surface area (Å²) in [6.45, 7) is 1.37. The number of methoxy groups -OCH3 is 1. The van der Waals surface area contributed by atoms with Crippen LogP contribution in [-0.4, -0.2) is 57.0 Å². The minimum absolute atomic E-state index is 0.175. The Morgan fingerprint density at radius 1 is 1.30 bits per heavy atom. The summed E-state index contributed by atoms with van der Waals surface area (Å²) >= 11 is 0. The van der Waals surface area contributed by atoms with Crippen molar-refractivity contribution in [1.82, 2.24) is 24.7 Å². The normalized spacial score (nSPS) is 21.4. The summed E-state index contributed by atoms with van der Waals surface area (Å²) in [4.78, 5) is 13.4. The predicted molar refractivity (Wildman–Crippen MR) is 83.4 cm³/mol. The number of fused-ring (bicyclic) bond motifs is 1. The Kier molecular flexibility index (Phi) is 3.51. The van der Waals surface area contributed by atoms with Crippen molar-refractivity contribution in [1.29, 1.82) is 0 Å². The minimum Gasteiger partial charge on any atom is -0.453 e. The lowest BCUT2D eigenvalue weighted by Crippen LogP contribution is -2.45. The summed E-state index contributed by atoms with van der Waals surface area (Å²) in [7, 11) is 1.42. The number of hydrogen-bond acceptors (Lipinski definition) is 6.